The van der Waals surface area contributed by atoms with Crippen LogP contribution >= 0.6 is 0 Å². The summed E-state index contributed by atoms with van der Waals surface area (Å²) in [5.41, 5.74) is 0. The molecule has 0 saturated carbocycles. The Morgan fingerprint density at radius 3 is 0.367 bits per heavy atom. The van der Waals surface area contributed by atoms with Crippen LogP contribution in [-0.4, -0.2) is 39.0 Å². The molecule has 0 unspecified atom stereocenters. The van der Waals surface area contributed by atoms with Crippen molar-refractivity contribution in [1.82, 2.24) is 0 Å². The van der Waals surface area contributed by atoms with Gasteiger partial charge in [0.25, 0.3) is 0 Å². The quantitative estimate of drug-likeness (QED) is 0.197. The van der Waals surface area contributed by atoms with E-state index in [1.54, 1.807) is 30.3 Å². The molecule has 5 nitrogen and oxygen atoms in total. The van der Waals surface area contributed by atoms with Crippen LogP contribution in [0.2, 0.25) is 0 Å². The Hall–Kier alpha value is -1.23. The van der Waals surface area contributed by atoms with Gasteiger partial charge in [0.1, 0.15) is 0 Å². The van der Waals surface area contributed by atoms with Crippen molar-refractivity contribution < 1.29 is 50.8 Å². The molecule has 0 aromatic rings. The van der Waals surface area contributed by atoms with Gasteiger partial charge in [-0.3, -0.25) is 0 Å². The van der Waals surface area contributed by atoms with Gasteiger partial charge in [-0.25, -0.2) is 0 Å². The first-order valence-corrected chi connectivity index (χ1v) is 17.2. The van der Waals surface area contributed by atoms with Gasteiger partial charge in [0.2, 0.25) is 0 Å². The van der Waals surface area contributed by atoms with Crippen molar-refractivity contribution in [1.29, 1.82) is 26.3 Å². The van der Waals surface area contributed by atoms with Gasteiger partial charge >= 0.3 is 89.8 Å². The third kappa shape index (κ3) is 11700. The summed E-state index contributed by atoms with van der Waals surface area (Å²) < 4.78 is 119. The first-order chi connectivity index (χ1) is 12.0. The molecule has 185 valence electrons. The number of nitrogens with zero attached hydrogens (tertiary/aromatic N) is 5. The Balaban J connectivity index is -0.0000000327. The van der Waals surface area contributed by atoms with E-state index in [-0.39, 0.29) is 17.1 Å². The van der Waals surface area contributed by atoms with E-state index in [2.05, 4.69) is 0 Å². The Morgan fingerprint density at radius 1 is 0.367 bits per heavy atom. The molecule has 0 rings (SSSR count). The summed E-state index contributed by atoms with van der Waals surface area (Å²) in [6, 6.07) is 8.75. The fourth-order valence-electron chi connectivity index (χ4n) is 0. The number of hydrogen-bond donors (Lipinski definition) is 0. The summed E-state index contributed by atoms with van der Waals surface area (Å²) in [6.45, 7) is 7.15. The molecule has 0 aliphatic carbocycles. The molecule has 0 fully saturated rings. The molecule has 0 amide bonds. The molecule has 0 atom stereocenters. The van der Waals surface area contributed by atoms with Crippen molar-refractivity contribution in [2.45, 2.75) is 34.6 Å². The summed E-state index contributed by atoms with van der Waals surface area (Å²) in [6.07, 6.45) is 0. The van der Waals surface area contributed by atoms with Crippen molar-refractivity contribution in [3.8, 4) is 30.3 Å². The van der Waals surface area contributed by atoms with E-state index in [1.165, 1.54) is 34.6 Å². The molecule has 0 spiro atoms. The Bertz CT molecular complexity index is 502. The van der Waals surface area contributed by atoms with Crippen molar-refractivity contribution in [2.75, 3.05) is 0 Å². The standard InChI is InChI=1S/5C2H3N.Cu.12FH.2Sb/c5*1-2-3;;;;;;;;;;;;;;;/h5*1H3;;12*1H;;/q;;;;;+2;;;;;;;;;;;;;2*+5/p-12. The van der Waals surface area contributed by atoms with E-state index < -0.39 is 39.0 Å². The summed E-state index contributed by atoms with van der Waals surface area (Å²) in [4.78, 5) is 0. The molecular formula is C10H15CuF12N5Sb2. The topological polar surface area (TPSA) is 119 Å². The van der Waals surface area contributed by atoms with Gasteiger partial charge in [-0.2, -0.15) is 26.3 Å². The van der Waals surface area contributed by atoms with Gasteiger partial charge in [-0.15, -0.1) is 0 Å². The predicted molar refractivity (Wildman–Crippen MR) is 81.2 cm³/mol. The second-order valence-electron chi connectivity index (χ2n) is 3.03. The second-order valence-corrected chi connectivity index (χ2v) is 14.0. The van der Waals surface area contributed by atoms with Crippen LogP contribution in [0, 0.1) is 56.7 Å². The normalized spacial score (nSPS) is 12.1. The summed E-state index contributed by atoms with van der Waals surface area (Å²) in [7, 11) is 0. The zero-order valence-corrected chi connectivity index (χ0v) is 21.5. The Labute approximate surface area is 180 Å². The molecule has 0 aromatic carbocycles. The van der Waals surface area contributed by atoms with Crippen molar-refractivity contribution in [3.05, 3.63) is 0 Å². The SMILES string of the molecule is CC#N.CC#N.CC#N.CC#N.CC#N.[Cu+2].[F][Sb-]([F])([F])([F])([F])[F].[F][Sb-]([F])([F])([F])([F])[F]. The molecule has 20 heteroatoms. The first-order valence-electron chi connectivity index (χ1n) is 5.65. The fraction of sp³-hybridized carbons (Fsp3) is 0.500. The number of nitriles is 5. The van der Waals surface area contributed by atoms with Gasteiger partial charge in [0.15, 0.2) is 0 Å². The van der Waals surface area contributed by atoms with Gasteiger partial charge < -0.3 is 0 Å². The average molecular weight is 740 g/mol. The molecule has 1 radical (unpaired) electrons. The molecule has 0 bridgehead atoms. The van der Waals surface area contributed by atoms with Crippen molar-refractivity contribution in [2.24, 2.45) is 0 Å². The maximum absolute atomic E-state index is 11.2. The van der Waals surface area contributed by atoms with Crippen LogP contribution in [-0.2, 0) is 17.1 Å². The van der Waals surface area contributed by atoms with Crippen molar-refractivity contribution >= 4 is 39.0 Å². The molecule has 0 heterocycles. The van der Waals surface area contributed by atoms with E-state index in [1.807, 2.05) is 0 Å². The zero-order chi connectivity index (χ0) is 26.4. The average Bonchev–Trinajstić information content (AvgIpc) is 2.24. The monoisotopic (exact) mass is 738 g/mol. The maximum atomic E-state index is 9.93. The first kappa shape index (κ1) is 51.4. The van der Waals surface area contributed by atoms with E-state index in [4.69, 9.17) is 26.3 Å². The second kappa shape index (κ2) is 17.4. The summed E-state index contributed by atoms with van der Waals surface area (Å²) in [5.74, 6) is 0. The summed E-state index contributed by atoms with van der Waals surface area (Å²) >= 11 is -22.5. The van der Waals surface area contributed by atoms with Gasteiger partial charge in [0.05, 0.1) is 30.3 Å². The molecule has 0 saturated heterocycles. The van der Waals surface area contributed by atoms with E-state index in [9.17, 15) is 33.8 Å². The van der Waals surface area contributed by atoms with Crippen LogP contribution in [0.4, 0.5) is 33.8 Å². The molecule has 0 aliphatic heterocycles. The van der Waals surface area contributed by atoms with Gasteiger partial charge in [-0.1, -0.05) is 0 Å². The third-order valence-electron chi connectivity index (χ3n) is 0. The fourth-order valence-corrected chi connectivity index (χ4v) is 0. The minimum atomic E-state index is -11.2. The van der Waals surface area contributed by atoms with Gasteiger partial charge in [-0.05, 0) is 0 Å². The van der Waals surface area contributed by atoms with Crippen LogP contribution in [0.5, 0.6) is 0 Å². The van der Waals surface area contributed by atoms with Crippen LogP contribution in [0.3, 0.4) is 0 Å². The van der Waals surface area contributed by atoms with Crippen LogP contribution in [0.15, 0.2) is 0 Å². The predicted octanol–water partition coefficient (Wildman–Crippen LogP) is 6.93. The molecule has 30 heavy (non-hydrogen) atoms. The van der Waals surface area contributed by atoms with Gasteiger partial charge in [0, 0.05) is 34.6 Å². The molecule has 0 N–H and O–H groups in total. The Kier molecular flexibility index (Phi) is 29.9. The molecular weight excluding hydrogens is 725 g/mol. The zero-order valence-electron chi connectivity index (χ0n) is 15.5. The number of halogens is 12. The Morgan fingerprint density at radius 2 is 0.367 bits per heavy atom. The van der Waals surface area contributed by atoms with E-state index in [0.29, 0.717) is 0 Å². The number of hydrogen-bond acceptors (Lipinski definition) is 5. The molecule has 0 aromatic heterocycles. The summed E-state index contributed by atoms with van der Waals surface area (Å²) in [5, 5.41) is 36.6. The molecule has 0 aliphatic rings. The van der Waals surface area contributed by atoms with Crippen LogP contribution in [0.25, 0.3) is 0 Å². The van der Waals surface area contributed by atoms with Crippen LogP contribution < -0.4 is 0 Å². The van der Waals surface area contributed by atoms with E-state index >= 15 is 0 Å². The number of rotatable bonds is 0. The van der Waals surface area contributed by atoms with E-state index in [0.717, 1.165) is 0 Å². The third-order valence-corrected chi connectivity index (χ3v) is 0. The van der Waals surface area contributed by atoms with Crippen LogP contribution in [0.1, 0.15) is 34.6 Å². The minimum absolute atomic E-state index is 0. The van der Waals surface area contributed by atoms with Crippen molar-refractivity contribution in [3.63, 3.8) is 0 Å².